The van der Waals surface area contributed by atoms with Crippen LogP contribution in [0.25, 0.3) is 21.2 Å². The molecule has 0 radical (unpaired) electrons. The van der Waals surface area contributed by atoms with Crippen LogP contribution in [0.4, 0.5) is 9.52 Å². The first-order chi connectivity index (χ1) is 15.2. The van der Waals surface area contributed by atoms with Gasteiger partial charge in [-0.1, -0.05) is 59.9 Å². The zero-order valence-corrected chi connectivity index (χ0v) is 17.9. The van der Waals surface area contributed by atoms with Gasteiger partial charge in [0.25, 0.3) is 5.91 Å². The van der Waals surface area contributed by atoms with Crippen LogP contribution in [0.15, 0.2) is 77.2 Å². The number of thiazole rings is 1. The zero-order chi connectivity index (χ0) is 21.2. The lowest BCUT2D eigenvalue weighted by Crippen LogP contribution is -2.12. The van der Waals surface area contributed by atoms with Crippen molar-refractivity contribution in [1.82, 2.24) is 4.98 Å². The largest absolute Gasteiger partial charge is 0.451 e. The summed E-state index contributed by atoms with van der Waals surface area (Å²) in [6.07, 6.45) is 0. The van der Waals surface area contributed by atoms with E-state index in [0.717, 1.165) is 16.7 Å². The van der Waals surface area contributed by atoms with Crippen LogP contribution in [0, 0.1) is 5.82 Å². The van der Waals surface area contributed by atoms with Gasteiger partial charge in [0.05, 0.1) is 10.2 Å². The number of furan rings is 1. The van der Waals surface area contributed by atoms with Crippen LogP contribution < -0.4 is 5.32 Å². The van der Waals surface area contributed by atoms with Crippen molar-refractivity contribution in [3.63, 3.8) is 0 Å². The van der Waals surface area contributed by atoms with Gasteiger partial charge < -0.3 is 4.42 Å². The highest BCUT2D eigenvalue weighted by molar-refractivity contribution is 7.97. The number of fused-ring (bicyclic) bond motifs is 2. The number of rotatable bonds is 6. The first-order valence-electron chi connectivity index (χ1n) is 9.67. The van der Waals surface area contributed by atoms with E-state index in [1.807, 2.05) is 42.5 Å². The van der Waals surface area contributed by atoms with Crippen LogP contribution in [0.5, 0.6) is 0 Å². The summed E-state index contributed by atoms with van der Waals surface area (Å²) in [4.78, 5) is 17.4. The number of nitrogens with one attached hydrogen (secondary N) is 1. The summed E-state index contributed by atoms with van der Waals surface area (Å²) in [7, 11) is 0. The fraction of sp³-hybridized carbons (Fsp3) is 0.0833. The average molecular weight is 449 g/mol. The Balaban J connectivity index is 1.41. The van der Waals surface area contributed by atoms with Gasteiger partial charge in [0, 0.05) is 22.5 Å². The molecule has 0 aliphatic carbocycles. The first kappa shape index (κ1) is 19.8. The molecule has 2 heterocycles. The molecule has 4 nitrogen and oxygen atoms in total. The number of benzene rings is 3. The highest BCUT2D eigenvalue weighted by Gasteiger charge is 2.21. The normalized spacial score (nSPS) is 11.3. The first-order valence-corrected chi connectivity index (χ1v) is 11.6. The Labute approximate surface area is 186 Å². The van der Waals surface area contributed by atoms with E-state index in [2.05, 4.69) is 22.4 Å². The highest BCUT2D eigenvalue weighted by atomic mass is 32.2. The third-order valence-electron chi connectivity index (χ3n) is 4.83. The van der Waals surface area contributed by atoms with Crippen molar-refractivity contribution in [2.45, 2.75) is 11.5 Å². The molecule has 31 heavy (non-hydrogen) atoms. The molecule has 0 spiro atoms. The van der Waals surface area contributed by atoms with Crippen molar-refractivity contribution in [3.8, 4) is 0 Å². The standard InChI is InChI=1S/C24H17FN2O2S2/c25-16-10-11-19-21(12-16)31-24(26-19)27-23(28)22-18(17-8-4-5-9-20(17)29-22)14-30-13-15-6-2-1-3-7-15/h1-12H,13-14H2,(H,26,27,28). The summed E-state index contributed by atoms with van der Waals surface area (Å²) in [5.41, 5.74) is 3.41. The van der Waals surface area contributed by atoms with E-state index in [-0.39, 0.29) is 17.5 Å². The molecule has 0 aliphatic rings. The lowest BCUT2D eigenvalue weighted by atomic mass is 10.1. The van der Waals surface area contributed by atoms with Crippen molar-refractivity contribution < 1.29 is 13.6 Å². The Morgan fingerprint density at radius 3 is 2.71 bits per heavy atom. The van der Waals surface area contributed by atoms with Gasteiger partial charge in [-0.2, -0.15) is 11.8 Å². The molecule has 2 aromatic heterocycles. The number of halogens is 1. The third kappa shape index (κ3) is 4.19. The number of nitrogens with zero attached hydrogens (tertiary/aromatic N) is 1. The number of carbonyl (C=O) groups excluding carboxylic acids is 1. The summed E-state index contributed by atoms with van der Waals surface area (Å²) < 4.78 is 20.1. The maximum Gasteiger partial charge on any atom is 0.293 e. The van der Waals surface area contributed by atoms with Crippen LogP contribution >= 0.6 is 23.1 Å². The van der Waals surface area contributed by atoms with Crippen LogP contribution in [0.1, 0.15) is 21.7 Å². The lowest BCUT2D eigenvalue weighted by molar-refractivity contribution is 0.0998. The number of thioether (sulfide) groups is 1. The van der Waals surface area contributed by atoms with Crippen molar-refractivity contribution in [2.75, 3.05) is 5.32 Å². The number of hydrogen-bond donors (Lipinski definition) is 1. The van der Waals surface area contributed by atoms with Crippen molar-refractivity contribution >= 4 is 55.3 Å². The molecule has 0 saturated carbocycles. The second-order valence-corrected chi connectivity index (χ2v) is 8.99. The van der Waals surface area contributed by atoms with E-state index in [9.17, 15) is 9.18 Å². The molecule has 5 rings (SSSR count). The third-order valence-corrected chi connectivity index (χ3v) is 6.80. The lowest BCUT2D eigenvalue weighted by Gasteiger charge is -2.04. The number of aromatic nitrogens is 1. The van der Waals surface area contributed by atoms with Gasteiger partial charge in [0.2, 0.25) is 0 Å². The molecule has 0 unspecified atom stereocenters. The maximum absolute atomic E-state index is 13.5. The molecule has 3 aromatic carbocycles. The van der Waals surface area contributed by atoms with E-state index in [4.69, 9.17) is 4.42 Å². The van der Waals surface area contributed by atoms with Crippen molar-refractivity contribution in [1.29, 1.82) is 0 Å². The number of amides is 1. The van der Waals surface area contributed by atoms with Gasteiger partial charge in [-0.05, 0) is 29.8 Å². The van der Waals surface area contributed by atoms with Gasteiger partial charge >= 0.3 is 0 Å². The molecule has 5 aromatic rings. The second kappa shape index (κ2) is 8.53. The van der Waals surface area contributed by atoms with Crippen LogP contribution in [0.2, 0.25) is 0 Å². The summed E-state index contributed by atoms with van der Waals surface area (Å²) in [5.74, 6) is 1.08. The minimum Gasteiger partial charge on any atom is -0.451 e. The Morgan fingerprint density at radius 2 is 1.84 bits per heavy atom. The monoisotopic (exact) mass is 448 g/mol. The predicted molar refractivity (Wildman–Crippen MR) is 125 cm³/mol. The molecule has 0 aliphatic heterocycles. The molecule has 0 bridgehead atoms. The molecule has 7 heteroatoms. The van der Waals surface area contributed by atoms with Gasteiger partial charge in [0.1, 0.15) is 11.4 Å². The molecule has 1 amide bonds. The summed E-state index contributed by atoms with van der Waals surface area (Å²) in [6, 6.07) is 22.2. The van der Waals surface area contributed by atoms with Gasteiger partial charge in [0.15, 0.2) is 10.9 Å². The number of anilines is 1. The summed E-state index contributed by atoms with van der Waals surface area (Å²) in [6.45, 7) is 0. The average Bonchev–Trinajstić information content (AvgIpc) is 3.35. The quantitative estimate of drug-likeness (QED) is 0.308. The van der Waals surface area contributed by atoms with E-state index >= 15 is 0 Å². The molecular weight excluding hydrogens is 431 g/mol. The zero-order valence-electron chi connectivity index (χ0n) is 16.3. The molecule has 0 atom stereocenters. The summed E-state index contributed by atoms with van der Waals surface area (Å²) in [5, 5.41) is 4.16. The topological polar surface area (TPSA) is 55.1 Å². The number of carbonyl (C=O) groups is 1. The molecular formula is C24H17FN2O2S2. The molecule has 1 N–H and O–H groups in total. The Kier molecular flexibility index (Phi) is 5.44. The summed E-state index contributed by atoms with van der Waals surface area (Å²) >= 11 is 2.96. The van der Waals surface area contributed by atoms with E-state index in [0.29, 0.717) is 26.7 Å². The van der Waals surface area contributed by atoms with Gasteiger partial charge in [-0.15, -0.1) is 0 Å². The van der Waals surface area contributed by atoms with Crippen molar-refractivity contribution in [2.24, 2.45) is 0 Å². The Bertz CT molecular complexity index is 1380. The van der Waals surface area contributed by atoms with Crippen LogP contribution in [0.3, 0.4) is 0 Å². The predicted octanol–water partition coefficient (Wildman–Crippen LogP) is 6.87. The van der Waals surface area contributed by atoms with Crippen LogP contribution in [-0.2, 0) is 11.5 Å². The minimum absolute atomic E-state index is 0.284. The maximum atomic E-state index is 13.5. The van der Waals surface area contributed by atoms with E-state index < -0.39 is 0 Å². The molecule has 0 saturated heterocycles. The fourth-order valence-electron chi connectivity index (χ4n) is 3.38. The Morgan fingerprint density at radius 1 is 1.03 bits per heavy atom. The van der Waals surface area contributed by atoms with E-state index in [1.54, 1.807) is 17.8 Å². The van der Waals surface area contributed by atoms with E-state index in [1.165, 1.54) is 29.0 Å². The van der Waals surface area contributed by atoms with Crippen LogP contribution in [-0.4, -0.2) is 10.9 Å². The van der Waals surface area contributed by atoms with Gasteiger partial charge in [-0.3, -0.25) is 10.1 Å². The SMILES string of the molecule is O=C(Nc1nc2ccc(F)cc2s1)c1oc2ccccc2c1CSCc1ccccc1. The Hall–Kier alpha value is -3.16. The fourth-order valence-corrected chi connectivity index (χ4v) is 5.28. The smallest absolute Gasteiger partial charge is 0.293 e. The molecule has 0 fully saturated rings. The number of para-hydroxylation sites is 1. The highest BCUT2D eigenvalue weighted by Crippen LogP contribution is 2.32. The minimum atomic E-state index is -0.356. The van der Waals surface area contributed by atoms with Gasteiger partial charge in [-0.25, -0.2) is 9.37 Å². The van der Waals surface area contributed by atoms with Crippen molar-refractivity contribution in [3.05, 3.63) is 95.5 Å². The molecule has 154 valence electrons. The second-order valence-electron chi connectivity index (χ2n) is 6.97. The number of hydrogen-bond acceptors (Lipinski definition) is 5.